The summed E-state index contributed by atoms with van der Waals surface area (Å²) >= 11 is 0. The molecule has 19 heavy (non-hydrogen) atoms. The lowest BCUT2D eigenvalue weighted by molar-refractivity contribution is 0.103. The molecule has 0 saturated heterocycles. The minimum absolute atomic E-state index is 0.0516. The van der Waals surface area contributed by atoms with Crippen molar-refractivity contribution in [1.29, 1.82) is 0 Å². The smallest absolute Gasteiger partial charge is 0.193 e. The molecule has 2 nitrogen and oxygen atoms in total. The van der Waals surface area contributed by atoms with E-state index >= 15 is 0 Å². The second-order valence-electron chi connectivity index (χ2n) is 5.05. The van der Waals surface area contributed by atoms with Gasteiger partial charge >= 0.3 is 0 Å². The molecule has 1 unspecified atom stereocenters. The van der Waals surface area contributed by atoms with Gasteiger partial charge in [-0.3, -0.25) is 4.79 Å². The number of carbonyl (C=O) groups is 1. The molecule has 0 radical (unpaired) electrons. The van der Waals surface area contributed by atoms with Gasteiger partial charge in [-0.15, -0.1) is 0 Å². The van der Waals surface area contributed by atoms with Crippen LogP contribution in [-0.2, 0) is 0 Å². The molecule has 0 amide bonds. The topological polar surface area (TPSA) is 29.1 Å². The molecule has 0 aromatic heterocycles. The normalized spacial score (nSPS) is 21.9. The lowest BCUT2D eigenvalue weighted by atomic mass is 9.89. The van der Waals surface area contributed by atoms with E-state index in [0.29, 0.717) is 0 Å². The zero-order chi connectivity index (χ0) is 13.7. The van der Waals surface area contributed by atoms with E-state index < -0.39 is 0 Å². The summed E-state index contributed by atoms with van der Waals surface area (Å²) in [5, 5.41) is 3.17. The number of hydrogen-bond donors (Lipinski definition) is 1. The fraction of sp³-hybridized carbons (Fsp3) is 0.235. The predicted octanol–water partition coefficient (Wildman–Crippen LogP) is 3.15. The third-order valence-electron chi connectivity index (χ3n) is 3.25. The highest BCUT2D eigenvalue weighted by Gasteiger charge is 2.18. The van der Waals surface area contributed by atoms with Gasteiger partial charge in [-0.05, 0) is 7.05 Å². The maximum atomic E-state index is 12.4. The number of allylic oxidation sites excluding steroid dienone is 4. The number of carbonyl (C=O) groups excluding carboxylic acids is 1. The summed E-state index contributed by atoms with van der Waals surface area (Å²) in [5.74, 6) is 0.0650. The van der Waals surface area contributed by atoms with E-state index in [0.717, 1.165) is 17.7 Å². The molecule has 98 valence electrons. The van der Waals surface area contributed by atoms with Crippen LogP contribution in [0.2, 0.25) is 0 Å². The minimum Gasteiger partial charge on any atom is -0.319 e. The summed E-state index contributed by atoms with van der Waals surface area (Å²) < 4.78 is 0. The van der Waals surface area contributed by atoms with Crippen molar-refractivity contribution in [3.8, 4) is 0 Å². The Kier molecular flexibility index (Phi) is 4.13. The van der Waals surface area contributed by atoms with Crippen LogP contribution in [0.5, 0.6) is 0 Å². The third kappa shape index (κ3) is 3.30. The average molecular weight is 253 g/mol. The second kappa shape index (κ2) is 5.81. The van der Waals surface area contributed by atoms with E-state index in [9.17, 15) is 4.79 Å². The van der Waals surface area contributed by atoms with E-state index in [4.69, 9.17) is 0 Å². The second-order valence-corrected chi connectivity index (χ2v) is 5.05. The highest BCUT2D eigenvalue weighted by Crippen LogP contribution is 2.24. The van der Waals surface area contributed by atoms with Crippen molar-refractivity contribution in [2.45, 2.75) is 6.92 Å². The Morgan fingerprint density at radius 2 is 1.95 bits per heavy atom. The molecule has 1 atom stereocenters. The monoisotopic (exact) mass is 253 g/mol. The number of rotatable bonds is 4. The fourth-order valence-corrected chi connectivity index (χ4v) is 2.17. The van der Waals surface area contributed by atoms with Gasteiger partial charge in [-0.2, -0.15) is 0 Å². The average Bonchev–Trinajstić information content (AvgIpc) is 2.62. The van der Waals surface area contributed by atoms with Gasteiger partial charge in [0.05, 0.1) is 0 Å². The fourth-order valence-electron chi connectivity index (χ4n) is 2.17. The van der Waals surface area contributed by atoms with Crippen molar-refractivity contribution >= 4 is 5.78 Å². The molecule has 1 N–H and O–H groups in total. The van der Waals surface area contributed by atoms with E-state index in [1.54, 1.807) is 0 Å². The van der Waals surface area contributed by atoms with Gasteiger partial charge < -0.3 is 5.32 Å². The van der Waals surface area contributed by atoms with Crippen LogP contribution < -0.4 is 5.32 Å². The quantitative estimate of drug-likeness (QED) is 0.835. The molecule has 0 aliphatic heterocycles. The van der Waals surface area contributed by atoms with E-state index in [-0.39, 0.29) is 11.2 Å². The van der Waals surface area contributed by atoms with Crippen LogP contribution in [0.25, 0.3) is 0 Å². The van der Waals surface area contributed by atoms with Gasteiger partial charge in [0.2, 0.25) is 0 Å². The number of nitrogens with one attached hydrogen (secondary N) is 1. The van der Waals surface area contributed by atoms with Crippen LogP contribution in [0.15, 0.2) is 66.3 Å². The van der Waals surface area contributed by atoms with Gasteiger partial charge in [0, 0.05) is 23.1 Å². The maximum absolute atomic E-state index is 12.4. The van der Waals surface area contributed by atoms with Crippen LogP contribution in [-0.4, -0.2) is 19.4 Å². The van der Waals surface area contributed by atoms with Crippen molar-refractivity contribution in [2.24, 2.45) is 5.41 Å². The van der Waals surface area contributed by atoms with Gasteiger partial charge in [0.25, 0.3) is 0 Å². The van der Waals surface area contributed by atoms with Gasteiger partial charge in [0.15, 0.2) is 5.78 Å². The zero-order valence-corrected chi connectivity index (χ0v) is 11.4. The Morgan fingerprint density at radius 3 is 2.63 bits per heavy atom. The molecule has 0 saturated carbocycles. The highest BCUT2D eigenvalue weighted by atomic mass is 16.1. The first-order chi connectivity index (χ1) is 9.14. The highest BCUT2D eigenvalue weighted by molar-refractivity contribution is 6.10. The third-order valence-corrected chi connectivity index (χ3v) is 3.25. The predicted molar refractivity (Wildman–Crippen MR) is 79.2 cm³/mol. The van der Waals surface area contributed by atoms with E-state index in [2.05, 4.69) is 24.4 Å². The van der Waals surface area contributed by atoms with Crippen molar-refractivity contribution in [3.63, 3.8) is 0 Å². The van der Waals surface area contributed by atoms with E-state index in [1.165, 1.54) is 0 Å². The first kappa shape index (κ1) is 13.5. The Morgan fingerprint density at radius 1 is 1.21 bits per heavy atom. The summed E-state index contributed by atoms with van der Waals surface area (Å²) in [5.41, 5.74) is 1.40. The Balaban J connectivity index is 2.22. The molecular formula is C17H19NO. The maximum Gasteiger partial charge on any atom is 0.193 e. The number of Topliss-reactive ketones (excluding diaryl/α,β-unsaturated/α-hetero) is 1. The minimum atomic E-state index is -0.0516. The van der Waals surface area contributed by atoms with Crippen molar-refractivity contribution in [2.75, 3.05) is 13.6 Å². The van der Waals surface area contributed by atoms with Crippen LogP contribution in [0, 0.1) is 5.41 Å². The molecule has 1 aromatic rings. The summed E-state index contributed by atoms with van der Waals surface area (Å²) in [6.07, 6.45) is 9.97. The van der Waals surface area contributed by atoms with Gasteiger partial charge in [0.1, 0.15) is 0 Å². The lowest BCUT2D eigenvalue weighted by Crippen LogP contribution is -2.25. The lowest BCUT2D eigenvalue weighted by Gasteiger charge is -2.20. The molecular weight excluding hydrogens is 234 g/mol. The molecule has 1 aliphatic carbocycles. The van der Waals surface area contributed by atoms with Gasteiger partial charge in [-0.1, -0.05) is 67.6 Å². The van der Waals surface area contributed by atoms with Crippen molar-refractivity contribution in [1.82, 2.24) is 5.32 Å². The van der Waals surface area contributed by atoms with Crippen LogP contribution in [0.1, 0.15) is 17.3 Å². The van der Waals surface area contributed by atoms with Gasteiger partial charge in [-0.25, -0.2) is 0 Å². The molecule has 1 aliphatic rings. The molecule has 1 aromatic carbocycles. The molecule has 0 fully saturated rings. The van der Waals surface area contributed by atoms with Crippen LogP contribution >= 0.6 is 0 Å². The summed E-state index contributed by atoms with van der Waals surface area (Å²) in [4.78, 5) is 12.4. The summed E-state index contributed by atoms with van der Waals surface area (Å²) in [6.45, 7) is 2.99. The first-order valence-electron chi connectivity index (χ1n) is 6.48. The molecule has 0 heterocycles. The van der Waals surface area contributed by atoms with E-state index in [1.807, 2.05) is 55.6 Å². The number of benzene rings is 1. The molecule has 2 heteroatoms. The molecule has 2 rings (SSSR count). The zero-order valence-electron chi connectivity index (χ0n) is 11.4. The van der Waals surface area contributed by atoms with Crippen LogP contribution in [0.3, 0.4) is 0 Å². The number of ketones is 1. The molecule has 0 spiro atoms. The Labute approximate surface area is 114 Å². The van der Waals surface area contributed by atoms with Crippen molar-refractivity contribution in [3.05, 3.63) is 71.8 Å². The first-order valence-corrected chi connectivity index (χ1v) is 6.48. The summed E-state index contributed by atoms with van der Waals surface area (Å²) in [6, 6.07) is 9.37. The molecule has 0 bridgehead atoms. The SMILES string of the molecule is CNCC1(C)C=CC=C(C(=O)c2ccccc2)C=C1. The van der Waals surface area contributed by atoms with Crippen molar-refractivity contribution < 1.29 is 4.79 Å². The Hall–Kier alpha value is -1.93. The standard InChI is InChI=1S/C17H19NO/c1-17(13-18-2)11-6-9-15(10-12-17)16(19)14-7-4-3-5-8-14/h3-12,18H,13H2,1-2H3. The number of hydrogen-bond acceptors (Lipinski definition) is 2. The Bertz CT molecular complexity index is 540. The largest absolute Gasteiger partial charge is 0.319 e. The van der Waals surface area contributed by atoms with Crippen LogP contribution in [0.4, 0.5) is 0 Å². The summed E-state index contributed by atoms with van der Waals surface area (Å²) in [7, 11) is 1.93.